The highest BCUT2D eigenvalue weighted by Gasteiger charge is 2.20. The summed E-state index contributed by atoms with van der Waals surface area (Å²) in [5.74, 6) is 0.966. The van der Waals surface area contributed by atoms with Crippen LogP contribution in [0.4, 0.5) is 0 Å². The van der Waals surface area contributed by atoms with Crippen molar-refractivity contribution >= 4 is 0 Å². The molecule has 2 rings (SSSR count). The normalized spacial score (nSPS) is 28.4. The molecule has 0 aliphatic carbocycles. The summed E-state index contributed by atoms with van der Waals surface area (Å²) in [6, 6.07) is 0. The molecule has 0 amide bonds. The van der Waals surface area contributed by atoms with E-state index < -0.39 is 0 Å². The minimum absolute atomic E-state index is 0.966. The van der Waals surface area contributed by atoms with Crippen LogP contribution in [0.3, 0.4) is 0 Å². The lowest BCUT2D eigenvalue weighted by Crippen LogP contribution is -2.49. The van der Waals surface area contributed by atoms with E-state index in [0.717, 1.165) is 5.92 Å². The minimum Gasteiger partial charge on any atom is -0.316 e. The highest BCUT2D eigenvalue weighted by atomic mass is 15.1. The summed E-state index contributed by atoms with van der Waals surface area (Å²) in [5.41, 5.74) is 0. The molecule has 64 valence electrons. The van der Waals surface area contributed by atoms with Crippen molar-refractivity contribution in [2.45, 2.75) is 19.3 Å². The van der Waals surface area contributed by atoms with Crippen LogP contribution in [-0.4, -0.2) is 37.6 Å². The van der Waals surface area contributed by atoms with Crippen molar-refractivity contribution in [1.82, 2.24) is 10.2 Å². The monoisotopic (exact) mass is 154 g/mol. The van der Waals surface area contributed by atoms with Crippen molar-refractivity contribution in [3.8, 4) is 0 Å². The molecule has 2 nitrogen and oxygen atoms in total. The fraction of sp³-hybridized carbons (Fsp3) is 1.00. The number of rotatable bonds is 2. The molecule has 1 N–H and O–H groups in total. The SMILES string of the molecule is C1CCN(CC2CNC2)CC1. The zero-order valence-corrected chi connectivity index (χ0v) is 7.18. The van der Waals surface area contributed by atoms with Crippen LogP contribution in [-0.2, 0) is 0 Å². The van der Waals surface area contributed by atoms with Gasteiger partial charge in [0, 0.05) is 19.6 Å². The van der Waals surface area contributed by atoms with Gasteiger partial charge in [0.2, 0.25) is 0 Å². The topological polar surface area (TPSA) is 15.3 Å². The maximum Gasteiger partial charge on any atom is 0.00340 e. The van der Waals surface area contributed by atoms with E-state index in [4.69, 9.17) is 0 Å². The maximum absolute atomic E-state index is 3.32. The molecular formula is C9H18N2. The van der Waals surface area contributed by atoms with Gasteiger partial charge in [0.25, 0.3) is 0 Å². The minimum atomic E-state index is 0.966. The van der Waals surface area contributed by atoms with Crippen LogP contribution in [0.2, 0.25) is 0 Å². The second-order valence-corrected chi connectivity index (χ2v) is 3.89. The van der Waals surface area contributed by atoms with E-state index in [0.29, 0.717) is 0 Å². The van der Waals surface area contributed by atoms with Crippen molar-refractivity contribution in [3.63, 3.8) is 0 Å². The average Bonchev–Trinajstić information content (AvgIpc) is 1.99. The first kappa shape index (κ1) is 7.56. The molecule has 0 aromatic rings. The lowest BCUT2D eigenvalue weighted by Gasteiger charge is -2.35. The van der Waals surface area contributed by atoms with Gasteiger partial charge >= 0.3 is 0 Å². The highest BCUT2D eigenvalue weighted by molar-refractivity contribution is 4.79. The molecule has 2 heterocycles. The second kappa shape index (κ2) is 3.55. The second-order valence-electron chi connectivity index (χ2n) is 3.89. The van der Waals surface area contributed by atoms with Crippen LogP contribution in [0.15, 0.2) is 0 Å². The number of hydrogen-bond acceptors (Lipinski definition) is 2. The van der Waals surface area contributed by atoms with Gasteiger partial charge in [-0.3, -0.25) is 0 Å². The summed E-state index contributed by atoms with van der Waals surface area (Å²) < 4.78 is 0. The number of piperidine rings is 1. The Bertz CT molecular complexity index is 115. The predicted octanol–water partition coefficient (Wildman–Crippen LogP) is 0.692. The first-order valence-electron chi connectivity index (χ1n) is 4.88. The summed E-state index contributed by atoms with van der Waals surface area (Å²) in [6.07, 6.45) is 4.32. The van der Waals surface area contributed by atoms with Gasteiger partial charge in [-0.05, 0) is 31.8 Å². The molecule has 2 saturated heterocycles. The molecule has 0 aromatic heterocycles. The first-order chi connectivity index (χ1) is 5.45. The van der Waals surface area contributed by atoms with Crippen LogP contribution >= 0.6 is 0 Å². The predicted molar refractivity (Wildman–Crippen MR) is 46.7 cm³/mol. The van der Waals surface area contributed by atoms with Crippen LogP contribution in [0.5, 0.6) is 0 Å². The molecule has 0 unspecified atom stereocenters. The van der Waals surface area contributed by atoms with Crippen molar-refractivity contribution in [2.75, 3.05) is 32.7 Å². The third-order valence-corrected chi connectivity index (χ3v) is 2.83. The van der Waals surface area contributed by atoms with E-state index in [1.54, 1.807) is 0 Å². The Hall–Kier alpha value is -0.0800. The Morgan fingerprint density at radius 3 is 2.36 bits per heavy atom. The molecule has 0 radical (unpaired) electrons. The Kier molecular flexibility index (Phi) is 2.44. The summed E-state index contributed by atoms with van der Waals surface area (Å²) in [6.45, 7) is 6.59. The number of nitrogens with zero attached hydrogens (tertiary/aromatic N) is 1. The Labute approximate surface area is 69.0 Å². The van der Waals surface area contributed by atoms with Gasteiger partial charge in [-0.2, -0.15) is 0 Å². The van der Waals surface area contributed by atoms with Crippen molar-refractivity contribution in [1.29, 1.82) is 0 Å². The first-order valence-corrected chi connectivity index (χ1v) is 4.88. The van der Waals surface area contributed by atoms with Crippen LogP contribution in [0.25, 0.3) is 0 Å². The quantitative estimate of drug-likeness (QED) is 0.629. The summed E-state index contributed by atoms with van der Waals surface area (Å²) in [5, 5.41) is 3.32. The summed E-state index contributed by atoms with van der Waals surface area (Å²) in [4.78, 5) is 2.63. The van der Waals surface area contributed by atoms with Crippen molar-refractivity contribution < 1.29 is 0 Å². The van der Waals surface area contributed by atoms with Crippen LogP contribution in [0.1, 0.15) is 19.3 Å². The summed E-state index contributed by atoms with van der Waals surface area (Å²) in [7, 11) is 0. The lowest BCUT2D eigenvalue weighted by atomic mass is 10.0. The molecule has 0 bridgehead atoms. The van der Waals surface area contributed by atoms with Gasteiger partial charge in [0.1, 0.15) is 0 Å². The Balaban J connectivity index is 1.67. The zero-order chi connectivity index (χ0) is 7.52. The van der Waals surface area contributed by atoms with Crippen LogP contribution in [0, 0.1) is 5.92 Å². The van der Waals surface area contributed by atoms with Gasteiger partial charge in [0.05, 0.1) is 0 Å². The number of nitrogens with one attached hydrogen (secondary N) is 1. The smallest absolute Gasteiger partial charge is 0.00340 e. The van der Waals surface area contributed by atoms with Gasteiger partial charge in [-0.25, -0.2) is 0 Å². The highest BCUT2D eigenvalue weighted by Crippen LogP contribution is 2.12. The molecule has 11 heavy (non-hydrogen) atoms. The third kappa shape index (κ3) is 1.94. The third-order valence-electron chi connectivity index (χ3n) is 2.83. The van der Waals surface area contributed by atoms with Gasteiger partial charge < -0.3 is 10.2 Å². The van der Waals surface area contributed by atoms with E-state index in [-0.39, 0.29) is 0 Å². The van der Waals surface area contributed by atoms with E-state index in [1.807, 2.05) is 0 Å². The molecule has 0 spiro atoms. The fourth-order valence-electron chi connectivity index (χ4n) is 1.98. The van der Waals surface area contributed by atoms with E-state index in [2.05, 4.69) is 10.2 Å². The lowest BCUT2D eigenvalue weighted by molar-refractivity contribution is 0.167. The molecule has 0 aromatic carbocycles. The zero-order valence-electron chi connectivity index (χ0n) is 7.18. The van der Waals surface area contributed by atoms with Gasteiger partial charge in [0.15, 0.2) is 0 Å². The molecule has 2 aliphatic heterocycles. The number of likely N-dealkylation sites (tertiary alicyclic amines) is 1. The molecule has 0 atom stereocenters. The Morgan fingerprint density at radius 2 is 1.82 bits per heavy atom. The molecule has 2 fully saturated rings. The van der Waals surface area contributed by atoms with Gasteiger partial charge in [-0.15, -0.1) is 0 Å². The van der Waals surface area contributed by atoms with Crippen molar-refractivity contribution in [2.24, 2.45) is 5.92 Å². The van der Waals surface area contributed by atoms with Crippen molar-refractivity contribution in [3.05, 3.63) is 0 Å². The molecule has 2 heteroatoms. The molecule has 0 saturated carbocycles. The molecular weight excluding hydrogens is 136 g/mol. The van der Waals surface area contributed by atoms with E-state index in [9.17, 15) is 0 Å². The largest absolute Gasteiger partial charge is 0.316 e. The standard InChI is InChI=1S/C9H18N2/c1-2-4-11(5-3-1)8-9-6-10-7-9/h9-10H,1-8H2. The Morgan fingerprint density at radius 1 is 1.09 bits per heavy atom. The molecule has 2 aliphatic rings. The summed E-state index contributed by atoms with van der Waals surface area (Å²) >= 11 is 0. The van der Waals surface area contributed by atoms with E-state index >= 15 is 0 Å². The van der Waals surface area contributed by atoms with Crippen LogP contribution < -0.4 is 5.32 Å². The van der Waals surface area contributed by atoms with E-state index in [1.165, 1.54) is 52.0 Å². The van der Waals surface area contributed by atoms with Gasteiger partial charge in [-0.1, -0.05) is 6.42 Å². The number of hydrogen-bond donors (Lipinski definition) is 1. The fourth-order valence-corrected chi connectivity index (χ4v) is 1.98. The maximum atomic E-state index is 3.32. The average molecular weight is 154 g/mol.